The summed E-state index contributed by atoms with van der Waals surface area (Å²) in [4.78, 5) is 12.9. The summed E-state index contributed by atoms with van der Waals surface area (Å²) < 4.78 is 7.05. The van der Waals surface area contributed by atoms with Crippen molar-refractivity contribution in [2.45, 2.75) is 37.3 Å². The van der Waals surface area contributed by atoms with Crippen molar-refractivity contribution < 1.29 is 20.1 Å². The molecule has 9 heteroatoms. The molecule has 0 spiro atoms. The molecule has 9 nitrogen and oxygen atoms in total. The van der Waals surface area contributed by atoms with Crippen LogP contribution in [0.1, 0.15) is 18.7 Å². The third kappa shape index (κ3) is 3.33. The molecule has 0 radical (unpaired) electrons. The van der Waals surface area contributed by atoms with Gasteiger partial charge in [-0.05, 0) is 18.9 Å². The largest absolute Gasteiger partial charge is 0.393 e. The van der Waals surface area contributed by atoms with E-state index in [1.807, 2.05) is 18.2 Å². The van der Waals surface area contributed by atoms with Crippen molar-refractivity contribution in [2.75, 3.05) is 18.5 Å². The average molecular weight is 385 g/mol. The Morgan fingerprint density at radius 2 is 2.07 bits per heavy atom. The van der Waals surface area contributed by atoms with Gasteiger partial charge in [-0.15, -0.1) is 0 Å². The van der Waals surface area contributed by atoms with Crippen LogP contribution in [0.2, 0.25) is 0 Å². The topological polar surface area (TPSA) is 126 Å². The van der Waals surface area contributed by atoms with Crippen molar-refractivity contribution in [1.29, 1.82) is 0 Å². The zero-order valence-electron chi connectivity index (χ0n) is 15.4. The molecule has 28 heavy (non-hydrogen) atoms. The molecule has 1 aliphatic rings. The first-order valence-corrected chi connectivity index (χ1v) is 9.13. The normalized spacial score (nSPS) is 25.9. The van der Waals surface area contributed by atoms with Crippen LogP contribution in [0.25, 0.3) is 11.2 Å². The second-order valence-electron chi connectivity index (χ2n) is 7.19. The van der Waals surface area contributed by atoms with E-state index in [9.17, 15) is 15.3 Å². The van der Waals surface area contributed by atoms with Crippen LogP contribution in [0.3, 0.4) is 0 Å². The Bertz CT molecular complexity index is 950. The number of hydrogen-bond donors (Lipinski definition) is 4. The molecule has 3 aromatic rings. The second-order valence-corrected chi connectivity index (χ2v) is 7.19. The quantitative estimate of drug-likeness (QED) is 0.483. The fourth-order valence-corrected chi connectivity index (χ4v) is 3.44. The maximum atomic E-state index is 10.4. The average Bonchev–Trinajstić information content (AvgIpc) is 3.25. The summed E-state index contributed by atoms with van der Waals surface area (Å²) in [6.07, 6.45) is 1.52. The Hall–Kier alpha value is -2.59. The summed E-state index contributed by atoms with van der Waals surface area (Å²) in [5.41, 5.74) is 0.511. The Morgan fingerprint density at radius 3 is 2.79 bits per heavy atom. The molecule has 1 aliphatic heterocycles. The fourth-order valence-electron chi connectivity index (χ4n) is 3.44. The lowest BCUT2D eigenvalue weighted by Gasteiger charge is -2.24. The molecule has 4 N–H and O–H groups in total. The smallest absolute Gasteiger partial charge is 0.167 e. The maximum Gasteiger partial charge on any atom is 0.167 e. The van der Waals surface area contributed by atoms with E-state index in [0.29, 0.717) is 17.0 Å². The fraction of sp³-hybridized carbons (Fsp3) is 0.421. The van der Waals surface area contributed by atoms with Gasteiger partial charge in [0, 0.05) is 6.04 Å². The molecule has 0 saturated carbocycles. The molecule has 148 valence electrons. The molecule has 4 atom stereocenters. The Labute approximate surface area is 161 Å². The van der Waals surface area contributed by atoms with Crippen molar-refractivity contribution in [3.63, 3.8) is 0 Å². The van der Waals surface area contributed by atoms with Gasteiger partial charge in [0.25, 0.3) is 0 Å². The molecule has 2 aromatic heterocycles. The number of nitrogens with zero attached hydrogens (tertiary/aromatic N) is 4. The summed E-state index contributed by atoms with van der Waals surface area (Å²) in [6.45, 7) is 1.28. The molecule has 1 saturated heterocycles. The van der Waals surface area contributed by atoms with Gasteiger partial charge >= 0.3 is 0 Å². The highest BCUT2D eigenvalue weighted by atomic mass is 16.6. The standard InChI is InChI=1S/C19H23N5O4/c1-12(7-13-5-3-2-4-6-13)23-16-14-17(21-10-20-16)24(11-22-14)18-15(26)19(27,8-25)9-28-18/h2-6,10-12,15,18,25-27H,7-9H2,1H3,(H,20,21,23)/t12-,15+,18?,19-/m1/s1. The number of nitrogens with one attached hydrogen (secondary N) is 1. The Morgan fingerprint density at radius 1 is 1.29 bits per heavy atom. The second kappa shape index (κ2) is 7.44. The molecule has 1 fully saturated rings. The zero-order valence-corrected chi connectivity index (χ0v) is 15.4. The maximum absolute atomic E-state index is 10.4. The molecule has 1 unspecified atom stereocenters. The highest BCUT2D eigenvalue weighted by Gasteiger charge is 2.49. The van der Waals surface area contributed by atoms with Gasteiger partial charge in [0.1, 0.15) is 18.0 Å². The number of ether oxygens (including phenoxy) is 1. The predicted octanol–water partition coefficient (Wildman–Crippen LogP) is 0.482. The first-order chi connectivity index (χ1) is 13.5. The van der Waals surface area contributed by atoms with Crippen molar-refractivity contribution in [1.82, 2.24) is 19.5 Å². The Balaban J connectivity index is 1.57. The van der Waals surface area contributed by atoms with Gasteiger partial charge in [0.15, 0.2) is 23.2 Å². The minimum Gasteiger partial charge on any atom is -0.393 e. The highest BCUT2D eigenvalue weighted by molar-refractivity contribution is 5.82. The van der Waals surface area contributed by atoms with E-state index in [1.54, 1.807) is 4.57 Å². The molecule has 3 heterocycles. The van der Waals surface area contributed by atoms with Gasteiger partial charge in [-0.25, -0.2) is 15.0 Å². The molecule has 0 aliphatic carbocycles. The third-order valence-electron chi connectivity index (χ3n) is 5.00. The van der Waals surface area contributed by atoms with E-state index in [-0.39, 0.29) is 12.6 Å². The number of benzene rings is 1. The van der Waals surface area contributed by atoms with Crippen LogP contribution in [-0.2, 0) is 11.2 Å². The number of fused-ring (bicyclic) bond motifs is 1. The van der Waals surface area contributed by atoms with Crippen LogP contribution >= 0.6 is 0 Å². The van der Waals surface area contributed by atoms with E-state index in [4.69, 9.17) is 4.74 Å². The number of hydrogen-bond acceptors (Lipinski definition) is 8. The lowest BCUT2D eigenvalue weighted by atomic mass is 10.0. The third-order valence-corrected chi connectivity index (χ3v) is 5.00. The number of aliphatic hydroxyl groups excluding tert-OH is 2. The van der Waals surface area contributed by atoms with Crippen LogP contribution in [0, 0.1) is 0 Å². The number of rotatable bonds is 6. The minimum atomic E-state index is -1.71. The summed E-state index contributed by atoms with van der Waals surface area (Å²) in [6, 6.07) is 10.3. The Kier molecular flexibility index (Phi) is 4.98. The van der Waals surface area contributed by atoms with Gasteiger partial charge in [-0.3, -0.25) is 4.57 Å². The van der Waals surface area contributed by atoms with Crippen molar-refractivity contribution in [3.8, 4) is 0 Å². The van der Waals surface area contributed by atoms with Crippen molar-refractivity contribution >= 4 is 17.0 Å². The minimum absolute atomic E-state index is 0.110. The van der Waals surface area contributed by atoms with Crippen LogP contribution in [0.5, 0.6) is 0 Å². The molecule has 0 amide bonds. The van der Waals surface area contributed by atoms with Gasteiger partial charge < -0.3 is 25.4 Å². The van der Waals surface area contributed by atoms with Crippen LogP contribution in [-0.4, -0.2) is 65.8 Å². The van der Waals surface area contributed by atoms with Crippen LogP contribution in [0.4, 0.5) is 5.82 Å². The lowest BCUT2D eigenvalue weighted by molar-refractivity contribution is -0.0873. The van der Waals surface area contributed by atoms with E-state index in [0.717, 1.165) is 6.42 Å². The monoisotopic (exact) mass is 385 g/mol. The number of anilines is 1. The van der Waals surface area contributed by atoms with Gasteiger partial charge in [0.2, 0.25) is 0 Å². The highest BCUT2D eigenvalue weighted by Crippen LogP contribution is 2.34. The van der Waals surface area contributed by atoms with Gasteiger partial charge in [-0.1, -0.05) is 30.3 Å². The predicted molar refractivity (Wildman–Crippen MR) is 102 cm³/mol. The first-order valence-electron chi connectivity index (χ1n) is 9.13. The van der Waals surface area contributed by atoms with Gasteiger partial charge in [-0.2, -0.15) is 0 Å². The molecular weight excluding hydrogens is 362 g/mol. The molecule has 4 rings (SSSR count). The zero-order chi connectivity index (χ0) is 19.7. The lowest BCUT2D eigenvalue weighted by Crippen LogP contribution is -2.46. The number of aliphatic hydroxyl groups is 3. The molecule has 1 aromatic carbocycles. The summed E-state index contributed by atoms with van der Waals surface area (Å²) in [5.74, 6) is 0.581. The van der Waals surface area contributed by atoms with E-state index in [2.05, 4.69) is 39.3 Å². The number of imidazole rings is 1. The molecule has 0 bridgehead atoms. The summed E-state index contributed by atoms with van der Waals surface area (Å²) in [7, 11) is 0. The van der Waals surface area contributed by atoms with Crippen LogP contribution in [0.15, 0.2) is 43.0 Å². The SMILES string of the molecule is C[C@H](Cc1ccccc1)Nc1ncnc2c1ncn2C1OC[C@](O)(CO)[C@H]1O. The first kappa shape index (κ1) is 18.8. The van der Waals surface area contributed by atoms with Crippen molar-refractivity contribution in [3.05, 3.63) is 48.5 Å². The molecular formula is C19H23N5O4. The van der Waals surface area contributed by atoms with Crippen molar-refractivity contribution in [2.24, 2.45) is 0 Å². The number of aromatic nitrogens is 4. The summed E-state index contributed by atoms with van der Waals surface area (Å²) in [5, 5.41) is 33.3. The van der Waals surface area contributed by atoms with E-state index in [1.165, 1.54) is 18.2 Å². The van der Waals surface area contributed by atoms with Crippen LogP contribution < -0.4 is 5.32 Å². The summed E-state index contributed by atoms with van der Waals surface area (Å²) >= 11 is 0. The van der Waals surface area contributed by atoms with E-state index < -0.39 is 24.5 Å². The van der Waals surface area contributed by atoms with Gasteiger partial charge in [0.05, 0.1) is 19.5 Å². The van der Waals surface area contributed by atoms with E-state index >= 15 is 0 Å².